The van der Waals surface area contributed by atoms with Gasteiger partial charge in [0, 0.05) is 10.6 Å². The molecule has 1 unspecified atom stereocenters. The van der Waals surface area contributed by atoms with E-state index in [0.717, 1.165) is 0 Å². The van der Waals surface area contributed by atoms with Crippen molar-refractivity contribution in [3.8, 4) is 6.07 Å². The molecule has 0 heterocycles. The van der Waals surface area contributed by atoms with Gasteiger partial charge in [-0.15, -0.1) is 0 Å². The molecule has 1 N–H and O–H groups in total. The number of hydrogen-bond acceptors (Lipinski definition) is 3. The predicted molar refractivity (Wildman–Crippen MR) is 57.0 cm³/mol. The summed E-state index contributed by atoms with van der Waals surface area (Å²) in [6, 6.07) is 8.29. The minimum atomic E-state index is -2.45. The van der Waals surface area contributed by atoms with Crippen molar-refractivity contribution in [1.82, 2.24) is 0 Å². The summed E-state index contributed by atoms with van der Waals surface area (Å²) in [4.78, 5) is 0.453. The molecule has 0 fully saturated rings. The largest absolute Gasteiger partial charge is 0.369 e. The van der Waals surface area contributed by atoms with E-state index in [1.165, 1.54) is 0 Å². The van der Waals surface area contributed by atoms with E-state index >= 15 is 0 Å². The molecule has 1 rings (SSSR count). The lowest BCUT2D eigenvalue weighted by Crippen LogP contribution is -2.12. The van der Waals surface area contributed by atoms with Crippen LogP contribution in [-0.4, -0.2) is 11.8 Å². The first-order chi connectivity index (χ1) is 7.13. The van der Waals surface area contributed by atoms with Crippen LogP contribution in [0.15, 0.2) is 29.2 Å². The third-order valence-electron chi connectivity index (χ3n) is 1.67. The highest BCUT2D eigenvalue weighted by molar-refractivity contribution is 7.99. The van der Waals surface area contributed by atoms with Crippen LogP contribution in [0.3, 0.4) is 0 Å². The van der Waals surface area contributed by atoms with Gasteiger partial charge in [0.2, 0.25) is 0 Å². The van der Waals surface area contributed by atoms with Crippen LogP contribution in [-0.2, 0) is 0 Å². The van der Waals surface area contributed by atoms with Crippen LogP contribution in [0.25, 0.3) is 0 Å². The number of halogens is 2. The first-order valence-corrected chi connectivity index (χ1v) is 5.21. The number of nitrogens with zero attached hydrogens (tertiary/aromatic N) is 1. The number of nitriles is 1. The van der Waals surface area contributed by atoms with E-state index in [-0.39, 0.29) is 0 Å². The Morgan fingerprint density at radius 1 is 1.40 bits per heavy atom. The zero-order chi connectivity index (χ0) is 11.3. The number of rotatable bonds is 4. The smallest absolute Gasteiger partial charge is 0.288 e. The fourth-order valence-corrected chi connectivity index (χ4v) is 1.65. The van der Waals surface area contributed by atoms with Gasteiger partial charge >= 0.3 is 0 Å². The molecule has 0 aromatic heterocycles. The monoisotopic (exact) mass is 228 g/mol. The Bertz CT molecular complexity index is 363. The lowest BCUT2D eigenvalue weighted by Gasteiger charge is -2.12. The van der Waals surface area contributed by atoms with Crippen LogP contribution in [0.5, 0.6) is 0 Å². The lowest BCUT2D eigenvalue weighted by molar-refractivity contribution is 0.252. The van der Waals surface area contributed by atoms with Crippen LogP contribution < -0.4 is 5.32 Å². The fourth-order valence-electron chi connectivity index (χ4n) is 1.05. The first-order valence-electron chi connectivity index (χ1n) is 4.33. The predicted octanol–water partition coefficient (Wildman–Crippen LogP) is 3.33. The maximum atomic E-state index is 12.2. The van der Waals surface area contributed by atoms with Gasteiger partial charge in [-0.25, -0.2) is 0 Å². The van der Waals surface area contributed by atoms with Gasteiger partial charge in [0.15, 0.2) is 0 Å². The molecule has 15 heavy (non-hydrogen) atoms. The second-order valence-electron chi connectivity index (χ2n) is 2.87. The highest BCUT2D eigenvalue weighted by atomic mass is 32.2. The Morgan fingerprint density at radius 2 is 2.07 bits per heavy atom. The van der Waals surface area contributed by atoms with Crippen molar-refractivity contribution in [2.75, 3.05) is 5.32 Å². The molecule has 0 saturated carbocycles. The summed E-state index contributed by atoms with van der Waals surface area (Å²) in [5, 5.41) is 11.5. The number of benzene rings is 1. The summed E-state index contributed by atoms with van der Waals surface area (Å²) in [5.41, 5.74) is 0.567. The Labute approximate surface area is 91.3 Å². The van der Waals surface area contributed by atoms with Gasteiger partial charge < -0.3 is 5.32 Å². The highest BCUT2D eigenvalue weighted by Crippen LogP contribution is 2.31. The summed E-state index contributed by atoms with van der Waals surface area (Å²) in [7, 11) is 0. The van der Waals surface area contributed by atoms with E-state index in [9.17, 15) is 8.78 Å². The van der Waals surface area contributed by atoms with Crippen molar-refractivity contribution in [1.29, 1.82) is 5.26 Å². The van der Waals surface area contributed by atoms with Crippen LogP contribution in [0, 0.1) is 11.3 Å². The van der Waals surface area contributed by atoms with Crippen molar-refractivity contribution in [3.63, 3.8) is 0 Å². The second kappa shape index (κ2) is 5.56. The van der Waals surface area contributed by atoms with Gasteiger partial charge in [0.1, 0.15) is 6.04 Å². The number of para-hydroxylation sites is 1. The van der Waals surface area contributed by atoms with E-state index in [2.05, 4.69) is 5.32 Å². The zero-order valence-electron chi connectivity index (χ0n) is 8.08. The Balaban J connectivity index is 2.82. The lowest BCUT2D eigenvalue weighted by atomic mass is 10.3. The van der Waals surface area contributed by atoms with E-state index in [0.29, 0.717) is 22.3 Å². The third-order valence-corrected chi connectivity index (χ3v) is 2.46. The number of anilines is 1. The number of hydrogen-bond donors (Lipinski definition) is 1. The van der Waals surface area contributed by atoms with Crippen molar-refractivity contribution in [3.05, 3.63) is 24.3 Å². The molecular formula is C10H10F2N2S. The van der Waals surface area contributed by atoms with Crippen molar-refractivity contribution < 1.29 is 8.78 Å². The first kappa shape index (κ1) is 11.8. The fraction of sp³-hybridized carbons (Fsp3) is 0.300. The molecule has 2 nitrogen and oxygen atoms in total. The van der Waals surface area contributed by atoms with Crippen LogP contribution in [0.4, 0.5) is 14.5 Å². The molecule has 1 aromatic rings. The zero-order valence-corrected chi connectivity index (χ0v) is 8.89. The van der Waals surface area contributed by atoms with Gasteiger partial charge in [0.05, 0.1) is 6.07 Å². The topological polar surface area (TPSA) is 35.8 Å². The molecular weight excluding hydrogens is 218 g/mol. The summed E-state index contributed by atoms with van der Waals surface area (Å²) >= 11 is 0.472. The number of alkyl halides is 2. The molecule has 1 atom stereocenters. The summed E-state index contributed by atoms with van der Waals surface area (Å²) < 4.78 is 24.4. The molecule has 0 aliphatic rings. The quantitative estimate of drug-likeness (QED) is 0.803. The van der Waals surface area contributed by atoms with Crippen LogP contribution >= 0.6 is 11.8 Å². The van der Waals surface area contributed by atoms with E-state index in [4.69, 9.17) is 5.26 Å². The molecule has 0 saturated heterocycles. The molecule has 0 spiro atoms. The van der Waals surface area contributed by atoms with Crippen LogP contribution in [0.2, 0.25) is 0 Å². The second-order valence-corrected chi connectivity index (χ2v) is 3.90. The van der Waals surface area contributed by atoms with Gasteiger partial charge in [-0.2, -0.15) is 14.0 Å². The molecule has 0 bridgehead atoms. The van der Waals surface area contributed by atoms with E-state index in [1.54, 1.807) is 31.2 Å². The van der Waals surface area contributed by atoms with Gasteiger partial charge in [0.25, 0.3) is 5.76 Å². The summed E-state index contributed by atoms with van der Waals surface area (Å²) in [5.74, 6) is -2.45. The Morgan fingerprint density at radius 3 is 2.67 bits per heavy atom. The Kier molecular flexibility index (Phi) is 4.37. The van der Waals surface area contributed by atoms with Crippen molar-refractivity contribution in [2.45, 2.75) is 23.6 Å². The summed E-state index contributed by atoms with van der Waals surface area (Å²) in [6.45, 7) is 1.67. The van der Waals surface area contributed by atoms with E-state index < -0.39 is 11.8 Å². The maximum Gasteiger partial charge on any atom is 0.288 e. The molecule has 0 amide bonds. The average molecular weight is 228 g/mol. The standard InChI is InChI=1S/C10H10F2N2S/c1-7(6-13)14-8-4-2-3-5-9(8)15-10(11)12/h2-5,7,10,14H,1H3. The Hall–Kier alpha value is -1.28. The van der Waals surface area contributed by atoms with Gasteiger partial charge in [-0.1, -0.05) is 23.9 Å². The third kappa shape index (κ3) is 3.76. The van der Waals surface area contributed by atoms with E-state index in [1.807, 2.05) is 6.07 Å². The normalized spacial score (nSPS) is 12.2. The average Bonchev–Trinajstić information content (AvgIpc) is 2.20. The highest BCUT2D eigenvalue weighted by Gasteiger charge is 2.10. The van der Waals surface area contributed by atoms with Crippen LogP contribution in [0.1, 0.15) is 6.92 Å². The number of thioether (sulfide) groups is 1. The minimum Gasteiger partial charge on any atom is -0.369 e. The van der Waals surface area contributed by atoms with Crippen molar-refractivity contribution in [2.24, 2.45) is 0 Å². The van der Waals surface area contributed by atoms with Gasteiger partial charge in [-0.05, 0) is 19.1 Å². The molecule has 0 aliphatic carbocycles. The van der Waals surface area contributed by atoms with Crippen molar-refractivity contribution >= 4 is 17.4 Å². The molecule has 0 radical (unpaired) electrons. The number of nitrogens with one attached hydrogen (secondary N) is 1. The molecule has 1 aromatic carbocycles. The SMILES string of the molecule is CC(C#N)Nc1ccccc1SC(F)F. The molecule has 80 valence electrons. The maximum absolute atomic E-state index is 12.2. The minimum absolute atomic E-state index is 0.399. The van der Waals surface area contributed by atoms with Gasteiger partial charge in [-0.3, -0.25) is 0 Å². The summed E-state index contributed by atoms with van der Waals surface area (Å²) in [6.07, 6.45) is 0. The molecule has 0 aliphatic heterocycles. The molecule has 5 heteroatoms.